The lowest BCUT2D eigenvalue weighted by molar-refractivity contribution is 0.624. The minimum atomic E-state index is -1.01. The third-order valence-electron chi connectivity index (χ3n) is 6.01. The topological polar surface area (TPSA) is 38.1 Å². The number of anilines is 1. The van der Waals surface area contributed by atoms with E-state index in [0.717, 1.165) is 53.8 Å². The molecular weight excluding hydrogens is 390 g/mol. The molecule has 3 aromatic rings. The first-order valence-corrected chi connectivity index (χ1v) is 11.3. The highest BCUT2D eigenvalue weighted by atomic mass is 35.5. The fourth-order valence-electron chi connectivity index (χ4n) is 4.44. The number of pyridine rings is 1. The molecule has 0 spiro atoms. The quantitative estimate of drug-likeness (QED) is 0.630. The second-order valence-electron chi connectivity index (χ2n) is 7.89. The third-order valence-corrected chi connectivity index (χ3v) is 7.10. The average Bonchev–Trinajstić information content (AvgIpc) is 3.45. The van der Waals surface area contributed by atoms with Crippen LogP contribution in [0.2, 0.25) is 0 Å². The van der Waals surface area contributed by atoms with Crippen LogP contribution in [0.3, 0.4) is 0 Å². The van der Waals surface area contributed by atoms with Crippen LogP contribution >= 0.6 is 12.4 Å². The summed E-state index contributed by atoms with van der Waals surface area (Å²) in [5.74, 6) is 1.80. The van der Waals surface area contributed by atoms with Crippen molar-refractivity contribution >= 4 is 39.9 Å². The van der Waals surface area contributed by atoms with E-state index >= 15 is 0 Å². The van der Waals surface area contributed by atoms with E-state index in [1.807, 2.05) is 12.3 Å². The van der Waals surface area contributed by atoms with Crippen LogP contribution in [0.5, 0.6) is 0 Å². The van der Waals surface area contributed by atoms with Crippen molar-refractivity contribution in [3.05, 3.63) is 53.3 Å². The molecule has 3 heterocycles. The Kier molecular flexibility index (Phi) is 5.23. The Morgan fingerprint density at radius 3 is 2.64 bits per heavy atom. The molecule has 1 atom stereocenters. The molecule has 4 nitrogen and oxygen atoms in total. The number of hydrogen-bond acceptors (Lipinski definition) is 3. The van der Waals surface area contributed by atoms with E-state index in [9.17, 15) is 4.21 Å². The number of hydrogen-bond donors (Lipinski definition) is 0. The van der Waals surface area contributed by atoms with Gasteiger partial charge in [-0.15, -0.1) is 12.4 Å². The minimum Gasteiger partial charge on any atom is -0.350 e. The van der Waals surface area contributed by atoms with Crippen LogP contribution in [-0.4, -0.2) is 26.6 Å². The van der Waals surface area contributed by atoms with Crippen LogP contribution in [0.4, 0.5) is 5.82 Å². The van der Waals surface area contributed by atoms with Gasteiger partial charge in [0.2, 0.25) is 0 Å². The van der Waals surface area contributed by atoms with Crippen molar-refractivity contribution in [2.75, 3.05) is 17.7 Å². The first-order chi connectivity index (χ1) is 13.1. The van der Waals surface area contributed by atoms with Crippen LogP contribution in [0.1, 0.15) is 29.7 Å². The van der Waals surface area contributed by atoms with Gasteiger partial charge in [0.1, 0.15) is 0 Å². The summed E-state index contributed by atoms with van der Waals surface area (Å²) in [6.45, 7) is 5.00. The summed E-state index contributed by atoms with van der Waals surface area (Å²) in [5, 5.41) is 1.11. The first kappa shape index (κ1) is 19.5. The van der Waals surface area contributed by atoms with E-state index in [2.05, 4.69) is 40.7 Å². The Labute approximate surface area is 174 Å². The largest absolute Gasteiger partial charge is 0.350 e. The Hall–Kier alpha value is -1.85. The van der Waals surface area contributed by atoms with Gasteiger partial charge in [-0.2, -0.15) is 0 Å². The molecular formula is C22H26ClN3OS. The number of halogens is 1. The van der Waals surface area contributed by atoms with Gasteiger partial charge in [0.15, 0.2) is 5.82 Å². The third kappa shape index (κ3) is 3.25. The maximum absolute atomic E-state index is 12.5. The van der Waals surface area contributed by atoms with Crippen molar-refractivity contribution in [1.29, 1.82) is 0 Å². The van der Waals surface area contributed by atoms with Crippen LogP contribution < -0.4 is 4.90 Å². The second kappa shape index (κ2) is 7.53. The number of benzene rings is 1. The van der Waals surface area contributed by atoms with Crippen molar-refractivity contribution < 1.29 is 4.21 Å². The fraction of sp³-hybridized carbons (Fsp3) is 0.409. The van der Waals surface area contributed by atoms with Gasteiger partial charge in [-0.1, -0.05) is 24.3 Å². The molecule has 0 amide bonds. The van der Waals surface area contributed by atoms with E-state index in [4.69, 9.17) is 4.98 Å². The van der Waals surface area contributed by atoms with Gasteiger partial charge in [0.05, 0.1) is 21.2 Å². The van der Waals surface area contributed by atoms with Crippen molar-refractivity contribution in [2.24, 2.45) is 5.92 Å². The van der Waals surface area contributed by atoms with Crippen molar-refractivity contribution in [3.63, 3.8) is 0 Å². The number of aromatic nitrogens is 2. The standard InChI is InChI=1S/C22H25N3OS.ClH/c1-15-21(27(2)26)19-9-11-23-22(20(19)25(15)13-16-7-8-16)24-12-10-17-5-3-4-6-18(17)14-24;/h3-6,9,11,16H,7-8,10,12-14H2,1-2H3;1H. The monoisotopic (exact) mass is 415 g/mol. The van der Waals surface area contributed by atoms with Gasteiger partial charge in [-0.3, -0.25) is 4.21 Å². The Balaban J connectivity index is 0.00000192. The summed E-state index contributed by atoms with van der Waals surface area (Å²) in [6, 6.07) is 10.8. The summed E-state index contributed by atoms with van der Waals surface area (Å²) in [7, 11) is -1.01. The van der Waals surface area contributed by atoms with Gasteiger partial charge in [0, 0.05) is 43.2 Å². The molecule has 148 valence electrons. The molecule has 6 heteroatoms. The van der Waals surface area contributed by atoms with Gasteiger partial charge in [-0.05, 0) is 49.3 Å². The summed E-state index contributed by atoms with van der Waals surface area (Å²) in [6.07, 6.45) is 7.33. The normalized spacial score (nSPS) is 17.3. The first-order valence-electron chi connectivity index (χ1n) is 9.76. The van der Waals surface area contributed by atoms with E-state index in [1.165, 1.54) is 29.5 Å². The molecule has 2 aromatic heterocycles. The lowest BCUT2D eigenvalue weighted by Crippen LogP contribution is -2.31. The Morgan fingerprint density at radius 2 is 1.93 bits per heavy atom. The zero-order valence-electron chi connectivity index (χ0n) is 16.4. The summed E-state index contributed by atoms with van der Waals surface area (Å²) >= 11 is 0. The number of rotatable bonds is 4. The molecule has 1 aliphatic heterocycles. The van der Waals surface area contributed by atoms with Crippen LogP contribution in [0.15, 0.2) is 41.4 Å². The van der Waals surface area contributed by atoms with Gasteiger partial charge < -0.3 is 9.47 Å². The van der Waals surface area contributed by atoms with E-state index in [-0.39, 0.29) is 12.4 Å². The maximum Gasteiger partial charge on any atom is 0.153 e. The average molecular weight is 416 g/mol. The molecule has 1 unspecified atom stereocenters. The molecule has 1 fully saturated rings. The summed E-state index contributed by atoms with van der Waals surface area (Å²) in [5.41, 5.74) is 5.15. The highest BCUT2D eigenvalue weighted by Gasteiger charge is 2.28. The fourth-order valence-corrected chi connectivity index (χ4v) is 5.44. The van der Waals surface area contributed by atoms with Crippen molar-refractivity contribution in [3.8, 4) is 0 Å². The molecule has 0 bridgehead atoms. The number of fused-ring (bicyclic) bond motifs is 2. The van der Waals surface area contributed by atoms with Gasteiger partial charge in [-0.25, -0.2) is 4.98 Å². The predicted molar refractivity (Wildman–Crippen MR) is 118 cm³/mol. The summed E-state index contributed by atoms with van der Waals surface area (Å²) in [4.78, 5) is 8.19. The van der Waals surface area contributed by atoms with Crippen LogP contribution in [0.25, 0.3) is 10.9 Å². The lowest BCUT2D eigenvalue weighted by atomic mass is 10.00. The van der Waals surface area contributed by atoms with Gasteiger partial charge >= 0.3 is 0 Å². The van der Waals surface area contributed by atoms with Crippen LogP contribution in [0, 0.1) is 12.8 Å². The zero-order valence-corrected chi connectivity index (χ0v) is 18.0. The maximum atomic E-state index is 12.5. The van der Waals surface area contributed by atoms with Crippen molar-refractivity contribution in [2.45, 2.75) is 44.2 Å². The van der Waals surface area contributed by atoms with Crippen LogP contribution in [-0.2, 0) is 30.3 Å². The Morgan fingerprint density at radius 1 is 1.18 bits per heavy atom. The smallest absolute Gasteiger partial charge is 0.153 e. The lowest BCUT2D eigenvalue weighted by Gasteiger charge is -2.30. The second-order valence-corrected chi connectivity index (χ2v) is 9.21. The summed E-state index contributed by atoms with van der Waals surface area (Å²) < 4.78 is 14.9. The predicted octanol–water partition coefficient (Wildman–Crippen LogP) is 4.48. The highest BCUT2D eigenvalue weighted by Crippen LogP contribution is 2.39. The molecule has 1 saturated carbocycles. The molecule has 0 N–H and O–H groups in total. The van der Waals surface area contributed by atoms with E-state index in [0.29, 0.717) is 0 Å². The van der Waals surface area contributed by atoms with Crippen molar-refractivity contribution in [1.82, 2.24) is 9.55 Å². The molecule has 1 aromatic carbocycles. The zero-order chi connectivity index (χ0) is 18.5. The van der Waals surface area contributed by atoms with E-state index in [1.54, 1.807) is 6.26 Å². The molecule has 0 saturated heterocycles. The minimum absolute atomic E-state index is 0. The van der Waals surface area contributed by atoms with E-state index < -0.39 is 10.8 Å². The Bertz CT molecular complexity index is 1060. The molecule has 0 radical (unpaired) electrons. The molecule has 5 rings (SSSR count). The van der Waals surface area contributed by atoms with Gasteiger partial charge in [0.25, 0.3) is 0 Å². The SMILES string of the molecule is Cc1c(S(C)=O)c2ccnc(N3CCc4ccccc4C3)c2n1CC1CC1.Cl. The highest BCUT2D eigenvalue weighted by molar-refractivity contribution is 7.84. The molecule has 2 aliphatic rings. The molecule has 1 aliphatic carbocycles. The number of nitrogens with zero attached hydrogens (tertiary/aromatic N) is 3. The molecule has 28 heavy (non-hydrogen) atoms.